The van der Waals surface area contributed by atoms with E-state index in [1.54, 1.807) is 6.07 Å². The molecule has 3 heterocycles. The van der Waals surface area contributed by atoms with E-state index in [1.165, 1.54) is 16.6 Å². The highest BCUT2D eigenvalue weighted by Gasteiger charge is 2.20. The Kier molecular flexibility index (Phi) is 4.22. The Morgan fingerprint density at radius 3 is 3.14 bits per heavy atom. The number of nitrogens with one attached hydrogen (secondary N) is 1. The van der Waals surface area contributed by atoms with Crippen LogP contribution in [0.4, 0.5) is 10.2 Å². The molecule has 21 heavy (non-hydrogen) atoms. The average Bonchev–Trinajstić information content (AvgIpc) is 2.92. The van der Waals surface area contributed by atoms with Gasteiger partial charge < -0.3 is 10.2 Å². The number of fused-ring (bicyclic) bond motifs is 1. The van der Waals surface area contributed by atoms with Crippen LogP contribution < -0.4 is 10.2 Å². The second-order valence-corrected chi connectivity index (χ2v) is 6.71. The minimum atomic E-state index is -0.271. The fraction of sp³-hybridized carbons (Fsp3) is 0.438. The summed E-state index contributed by atoms with van der Waals surface area (Å²) < 4.78 is 13.5. The highest BCUT2D eigenvalue weighted by atomic mass is 32.1. The van der Waals surface area contributed by atoms with Crippen LogP contribution in [0.1, 0.15) is 29.9 Å². The number of thiophene rings is 1. The molecule has 112 valence electrons. The predicted molar refractivity (Wildman–Crippen MR) is 85.2 cm³/mol. The van der Waals surface area contributed by atoms with Crippen LogP contribution >= 0.6 is 11.3 Å². The van der Waals surface area contributed by atoms with E-state index >= 15 is 0 Å². The van der Waals surface area contributed by atoms with Gasteiger partial charge in [0.25, 0.3) is 0 Å². The standard InChI is InChI=1S/C16H20FN3S/c1-11(2)18-8-13-7-14(17)9-19-16(13)20-5-3-15-12(10-20)4-6-21-15/h4,6-7,9,11,18H,3,5,8,10H2,1-2H3. The van der Waals surface area contributed by atoms with Gasteiger partial charge in [0.2, 0.25) is 0 Å². The summed E-state index contributed by atoms with van der Waals surface area (Å²) in [4.78, 5) is 8.08. The van der Waals surface area contributed by atoms with E-state index < -0.39 is 0 Å². The topological polar surface area (TPSA) is 28.2 Å². The van der Waals surface area contributed by atoms with Gasteiger partial charge >= 0.3 is 0 Å². The lowest BCUT2D eigenvalue weighted by Crippen LogP contribution is -2.32. The lowest BCUT2D eigenvalue weighted by atomic mass is 10.1. The van der Waals surface area contributed by atoms with Crippen LogP contribution in [0, 0.1) is 5.82 Å². The van der Waals surface area contributed by atoms with E-state index in [9.17, 15) is 4.39 Å². The van der Waals surface area contributed by atoms with Crippen molar-refractivity contribution in [3.63, 3.8) is 0 Å². The Bertz CT molecular complexity index is 624. The predicted octanol–water partition coefficient (Wildman–Crippen LogP) is 3.34. The first-order valence-corrected chi connectivity index (χ1v) is 8.19. The quantitative estimate of drug-likeness (QED) is 0.939. The van der Waals surface area contributed by atoms with Gasteiger partial charge in [-0.3, -0.25) is 0 Å². The Balaban J connectivity index is 1.84. The maximum absolute atomic E-state index is 13.5. The summed E-state index contributed by atoms with van der Waals surface area (Å²) in [5, 5.41) is 5.50. The van der Waals surface area contributed by atoms with Gasteiger partial charge in [-0.25, -0.2) is 9.37 Å². The first-order valence-electron chi connectivity index (χ1n) is 7.31. The van der Waals surface area contributed by atoms with Gasteiger partial charge in [-0.05, 0) is 29.5 Å². The summed E-state index contributed by atoms with van der Waals surface area (Å²) in [6.07, 6.45) is 2.36. The van der Waals surface area contributed by atoms with Gasteiger partial charge in [0.05, 0.1) is 6.20 Å². The minimum absolute atomic E-state index is 0.271. The van der Waals surface area contributed by atoms with Gasteiger partial charge in [0.15, 0.2) is 0 Å². The second kappa shape index (κ2) is 6.12. The van der Waals surface area contributed by atoms with E-state index in [2.05, 4.69) is 40.5 Å². The third kappa shape index (κ3) is 3.24. The van der Waals surface area contributed by atoms with E-state index in [-0.39, 0.29) is 5.82 Å². The lowest BCUT2D eigenvalue weighted by molar-refractivity contribution is 0.575. The third-order valence-electron chi connectivity index (χ3n) is 3.72. The molecule has 5 heteroatoms. The molecule has 3 rings (SSSR count). The molecule has 0 spiro atoms. The summed E-state index contributed by atoms with van der Waals surface area (Å²) in [6, 6.07) is 4.15. The molecular weight excluding hydrogens is 285 g/mol. The summed E-state index contributed by atoms with van der Waals surface area (Å²) in [7, 11) is 0. The zero-order valence-corrected chi connectivity index (χ0v) is 13.2. The third-order valence-corrected chi connectivity index (χ3v) is 4.74. The van der Waals surface area contributed by atoms with Crippen molar-refractivity contribution >= 4 is 17.2 Å². The van der Waals surface area contributed by atoms with Crippen molar-refractivity contribution in [3.05, 3.63) is 45.5 Å². The molecule has 0 aliphatic carbocycles. The van der Waals surface area contributed by atoms with E-state index in [0.717, 1.165) is 30.9 Å². The Morgan fingerprint density at radius 2 is 2.33 bits per heavy atom. The first kappa shape index (κ1) is 14.5. The molecule has 2 aromatic rings. The summed E-state index contributed by atoms with van der Waals surface area (Å²) in [5.41, 5.74) is 2.31. The SMILES string of the molecule is CC(C)NCc1cc(F)cnc1N1CCc2sccc2C1. The number of hydrogen-bond acceptors (Lipinski definition) is 4. The molecule has 0 atom stereocenters. The van der Waals surface area contributed by atoms with Gasteiger partial charge in [-0.2, -0.15) is 0 Å². The van der Waals surface area contributed by atoms with Crippen LogP contribution in [0.25, 0.3) is 0 Å². The van der Waals surface area contributed by atoms with Crippen LogP contribution in [-0.4, -0.2) is 17.6 Å². The van der Waals surface area contributed by atoms with Crippen molar-refractivity contribution < 1.29 is 4.39 Å². The highest BCUT2D eigenvalue weighted by Crippen LogP contribution is 2.28. The largest absolute Gasteiger partial charge is 0.352 e. The van der Waals surface area contributed by atoms with E-state index in [4.69, 9.17) is 0 Å². The fourth-order valence-electron chi connectivity index (χ4n) is 2.63. The van der Waals surface area contributed by atoms with Gasteiger partial charge in [-0.1, -0.05) is 13.8 Å². The molecule has 1 N–H and O–H groups in total. The fourth-order valence-corrected chi connectivity index (χ4v) is 3.52. The van der Waals surface area contributed by atoms with Gasteiger partial charge in [-0.15, -0.1) is 11.3 Å². The minimum Gasteiger partial charge on any atom is -0.352 e. The molecule has 0 saturated carbocycles. The first-order chi connectivity index (χ1) is 10.1. The molecule has 0 aromatic carbocycles. The molecule has 0 saturated heterocycles. The number of anilines is 1. The number of hydrogen-bond donors (Lipinski definition) is 1. The number of halogens is 1. The molecule has 0 unspecified atom stereocenters. The molecule has 3 nitrogen and oxygen atoms in total. The summed E-state index contributed by atoms with van der Waals surface area (Å²) in [5.74, 6) is 0.633. The van der Waals surface area contributed by atoms with E-state index in [0.29, 0.717) is 12.6 Å². The van der Waals surface area contributed by atoms with Gasteiger partial charge in [0.1, 0.15) is 11.6 Å². The Hall–Kier alpha value is -1.46. The molecule has 0 amide bonds. The molecule has 1 aliphatic rings. The number of nitrogens with zero attached hydrogens (tertiary/aromatic N) is 2. The average molecular weight is 305 g/mol. The smallest absolute Gasteiger partial charge is 0.141 e. The van der Waals surface area contributed by atoms with Crippen molar-refractivity contribution in [3.8, 4) is 0 Å². The van der Waals surface area contributed by atoms with Crippen LogP contribution in [0.2, 0.25) is 0 Å². The zero-order chi connectivity index (χ0) is 14.8. The monoisotopic (exact) mass is 305 g/mol. The summed E-state index contributed by atoms with van der Waals surface area (Å²) >= 11 is 1.82. The Labute approximate surface area is 128 Å². The van der Waals surface area contributed by atoms with Crippen LogP contribution in [-0.2, 0) is 19.5 Å². The number of pyridine rings is 1. The van der Waals surface area contributed by atoms with Crippen molar-refractivity contribution in [1.29, 1.82) is 0 Å². The molecule has 0 radical (unpaired) electrons. The summed E-state index contributed by atoms with van der Waals surface area (Å²) in [6.45, 7) is 6.63. The zero-order valence-electron chi connectivity index (χ0n) is 12.4. The van der Waals surface area contributed by atoms with Crippen LogP contribution in [0.3, 0.4) is 0 Å². The maximum atomic E-state index is 13.5. The van der Waals surface area contributed by atoms with Crippen molar-refractivity contribution in [1.82, 2.24) is 10.3 Å². The molecule has 0 bridgehead atoms. The number of rotatable bonds is 4. The van der Waals surface area contributed by atoms with Crippen molar-refractivity contribution in [2.75, 3.05) is 11.4 Å². The highest BCUT2D eigenvalue weighted by molar-refractivity contribution is 7.10. The normalized spacial score (nSPS) is 14.6. The molecular formula is C16H20FN3S. The van der Waals surface area contributed by atoms with Crippen molar-refractivity contribution in [2.24, 2.45) is 0 Å². The molecule has 1 aliphatic heterocycles. The van der Waals surface area contributed by atoms with Gasteiger partial charge in [0, 0.05) is 36.1 Å². The maximum Gasteiger partial charge on any atom is 0.141 e. The number of aromatic nitrogens is 1. The molecule has 2 aromatic heterocycles. The second-order valence-electron chi connectivity index (χ2n) is 5.71. The van der Waals surface area contributed by atoms with Crippen LogP contribution in [0.5, 0.6) is 0 Å². The molecule has 0 fully saturated rings. The van der Waals surface area contributed by atoms with Crippen molar-refractivity contribution in [2.45, 2.75) is 39.4 Å². The van der Waals surface area contributed by atoms with Crippen LogP contribution in [0.15, 0.2) is 23.7 Å². The Morgan fingerprint density at radius 1 is 1.48 bits per heavy atom. The van der Waals surface area contributed by atoms with E-state index in [1.807, 2.05) is 11.3 Å². The lowest BCUT2D eigenvalue weighted by Gasteiger charge is -2.29.